The van der Waals surface area contributed by atoms with Gasteiger partial charge >= 0.3 is 0 Å². The molecule has 1 heterocycles. The molecule has 0 aromatic carbocycles. The second kappa shape index (κ2) is 5.91. The highest BCUT2D eigenvalue weighted by Crippen LogP contribution is 2.28. The molecule has 3 heteroatoms. The monoisotopic (exact) mass is 259 g/mol. The van der Waals surface area contributed by atoms with Crippen LogP contribution in [0.2, 0.25) is 0 Å². The van der Waals surface area contributed by atoms with Crippen molar-refractivity contribution in [3.05, 3.63) is 23.4 Å². The van der Waals surface area contributed by atoms with Gasteiger partial charge in [0.25, 0.3) is 0 Å². The summed E-state index contributed by atoms with van der Waals surface area (Å²) in [5.74, 6) is 1.16. The molecule has 0 saturated heterocycles. The van der Waals surface area contributed by atoms with E-state index in [1.165, 1.54) is 56.2 Å². The number of nitrogens with two attached hydrogens (primary N) is 1. The number of nitrogens with zero attached hydrogens (tertiary/aromatic N) is 2. The quantitative estimate of drug-likeness (QED) is 0.904. The Kier molecular flexibility index (Phi) is 4.02. The van der Waals surface area contributed by atoms with Gasteiger partial charge < -0.3 is 10.6 Å². The van der Waals surface area contributed by atoms with Crippen molar-refractivity contribution in [3.63, 3.8) is 0 Å². The first-order valence-electron chi connectivity index (χ1n) is 7.84. The van der Waals surface area contributed by atoms with Gasteiger partial charge in [0, 0.05) is 24.8 Å². The molecule has 0 unspecified atom stereocenters. The summed E-state index contributed by atoms with van der Waals surface area (Å²) in [7, 11) is 0. The molecular formula is C16H25N3. The van der Waals surface area contributed by atoms with Crippen LogP contribution in [0.25, 0.3) is 0 Å². The summed E-state index contributed by atoms with van der Waals surface area (Å²) < 4.78 is 0. The zero-order chi connectivity index (χ0) is 13.1. The summed E-state index contributed by atoms with van der Waals surface area (Å²) >= 11 is 0. The fourth-order valence-electron chi connectivity index (χ4n) is 3.58. The molecule has 2 aliphatic carbocycles. The molecule has 1 aromatic heterocycles. The number of pyridine rings is 1. The lowest BCUT2D eigenvalue weighted by Gasteiger charge is -2.35. The maximum atomic E-state index is 5.82. The van der Waals surface area contributed by atoms with E-state index in [1.54, 1.807) is 0 Å². The predicted octanol–water partition coefficient (Wildman–Crippen LogP) is 2.67. The Morgan fingerprint density at radius 3 is 2.74 bits per heavy atom. The third kappa shape index (κ3) is 2.76. The van der Waals surface area contributed by atoms with Gasteiger partial charge in [0.05, 0.1) is 0 Å². The molecule has 2 N–H and O–H groups in total. The Morgan fingerprint density at radius 1 is 1.11 bits per heavy atom. The van der Waals surface area contributed by atoms with Crippen molar-refractivity contribution >= 4 is 5.82 Å². The minimum absolute atomic E-state index is 0.657. The summed E-state index contributed by atoms with van der Waals surface area (Å²) in [5.41, 5.74) is 8.60. The van der Waals surface area contributed by atoms with Gasteiger partial charge in [0.1, 0.15) is 5.82 Å². The average molecular weight is 259 g/mol. The van der Waals surface area contributed by atoms with E-state index in [4.69, 9.17) is 10.7 Å². The Morgan fingerprint density at radius 2 is 1.95 bits per heavy atom. The number of anilines is 1. The van der Waals surface area contributed by atoms with Gasteiger partial charge in [-0.3, -0.25) is 0 Å². The first kappa shape index (κ1) is 12.9. The first-order valence-corrected chi connectivity index (χ1v) is 7.84. The highest BCUT2D eigenvalue weighted by Gasteiger charge is 2.23. The first-order chi connectivity index (χ1) is 9.38. The smallest absolute Gasteiger partial charge is 0.129 e. The lowest BCUT2D eigenvalue weighted by atomic mass is 9.94. The number of fused-ring (bicyclic) bond motifs is 1. The maximum absolute atomic E-state index is 5.82. The molecule has 104 valence electrons. The highest BCUT2D eigenvalue weighted by molar-refractivity contribution is 5.44. The molecular weight excluding hydrogens is 234 g/mol. The Balaban J connectivity index is 1.82. The molecule has 19 heavy (non-hydrogen) atoms. The van der Waals surface area contributed by atoms with E-state index in [9.17, 15) is 0 Å². The minimum atomic E-state index is 0.657. The van der Waals surface area contributed by atoms with Gasteiger partial charge in [-0.15, -0.1) is 0 Å². The third-order valence-corrected chi connectivity index (χ3v) is 4.59. The topological polar surface area (TPSA) is 42.1 Å². The lowest BCUT2D eigenvalue weighted by Crippen LogP contribution is -2.40. The molecule has 1 saturated carbocycles. The molecule has 1 aromatic rings. The van der Waals surface area contributed by atoms with Gasteiger partial charge in [-0.25, -0.2) is 4.98 Å². The van der Waals surface area contributed by atoms with Crippen molar-refractivity contribution in [2.45, 2.75) is 57.4 Å². The van der Waals surface area contributed by atoms with Crippen LogP contribution in [0.5, 0.6) is 0 Å². The van der Waals surface area contributed by atoms with Gasteiger partial charge in [0.15, 0.2) is 0 Å². The number of hydrogen-bond acceptors (Lipinski definition) is 3. The largest absolute Gasteiger partial charge is 0.352 e. The van der Waals surface area contributed by atoms with E-state index >= 15 is 0 Å². The molecule has 0 spiro atoms. The number of rotatable bonds is 4. The molecule has 3 rings (SSSR count). The van der Waals surface area contributed by atoms with Gasteiger partial charge in [0.2, 0.25) is 0 Å². The second-order valence-electron chi connectivity index (χ2n) is 5.90. The molecule has 0 radical (unpaired) electrons. The van der Waals surface area contributed by atoms with E-state index < -0.39 is 0 Å². The van der Waals surface area contributed by atoms with Crippen LogP contribution in [0.3, 0.4) is 0 Å². The van der Waals surface area contributed by atoms with Crippen molar-refractivity contribution in [2.75, 3.05) is 18.0 Å². The molecule has 0 aliphatic heterocycles. The van der Waals surface area contributed by atoms with E-state index in [2.05, 4.69) is 17.0 Å². The van der Waals surface area contributed by atoms with Gasteiger partial charge in [-0.2, -0.15) is 0 Å². The van der Waals surface area contributed by atoms with Crippen molar-refractivity contribution in [1.82, 2.24) is 4.98 Å². The molecule has 0 amide bonds. The minimum Gasteiger partial charge on any atom is -0.352 e. The van der Waals surface area contributed by atoms with E-state index in [-0.39, 0.29) is 0 Å². The molecule has 3 nitrogen and oxygen atoms in total. The normalized spacial score (nSPS) is 19.4. The fraction of sp³-hybridized carbons (Fsp3) is 0.688. The van der Waals surface area contributed by atoms with Crippen molar-refractivity contribution < 1.29 is 0 Å². The van der Waals surface area contributed by atoms with Crippen LogP contribution in [-0.4, -0.2) is 24.1 Å². The standard InChI is InChI=1S/C16H25N3/c17-11-12-19(14-6-2-1-3-7-14)16-10-9-13-5-4-8-15(13)18-16/h9-10,14H,1-8,11-12,17H2. The number of hydrogen-bond donors (Lipinski definition) is 1. The van der Waals surface area contributed by atoms with E-state index in [1.807, 2.05) is 0 Å². The van der Waals surface area contributed by atoms with Crippen LogP contribution in [0, 0.1) is 0 Å². The SMILES string of the molecule is NCCN(c1ccc2c(n1)CCC2)C1CCCCC1. The van der Waals surface area contributed by atoms with Crippen LogP contribution >= 0.6 is 0 Å². The predicted molar refractivity (Wildman–Crippen MR) is 79.5 cm³/mol. The lowest BCUT2D eigenvalue weighted by molar-refractivity contribution is 0.414. The number of aryl methyl sites for hydroxylation is 2. The van der Waals surface area contributed by atoms with Gasteiger partial charge in [-0.1, -0.05) is 25.3 Å². The van der Waals surface area contributed by atoms with Crippen LogP contribution in [0.1, 0.15) is 49.8 Å². The molecule has 0 atom stereocenters. The second-order valence-corrected chi connectivity index (χ2v) is 5.90. The summed E-state index contributed by atoms with van der Waals surface area (Å²) in [5, 5.41) is 0. The summed E-state index contributed by atoms with van der Waals surface area (Å²) in [4.78, 5) is 7.39. The van der Waals surface area contributed by atoms with Crippen molar-refractivity contribution in [3.8, 4) is 0 Å². The molecule has 2 aliphatic rings. The third-order valence-electron chi connectivity index (χ3n) is 4.59. The Hall–Kier alpha value is -1.09. The highest BCUT2D eigenvalue weighted by atomic mass is 15.2. The van der Waals surface area contributed by atoms with E-state index in [0.717, 1.165) is 25.3 Å². The maximum Gasteiger partial charge on any atom is 0.129 e. The number of aromatic nitrogens is 1. The summed E-state index contributed by atoms with van der Waals surface area (Å²) in [6.07, 6.45) is 10.4. The van der Waals surface area contributed by atoms with Crippen LogP contribution in [0.4, 0.5) is 5.82 Å². The summed E-state index contributed by atoms with van der Waals surface area (Å²) in [6.45, 7) is 1.66. The van der Waals surface area contributed by atoms with Crippen LogP contribution in [0.15, 0.2) is 12.1 Å². The zero-order valence-electron chi connectivity index (χ0n) is 11.8. The molecule has 0 bridgehead atoms. The van der Waals surface area contributed by atoms with E-state index in [0.29, 0.717) is 6.04 Å². The average Bonchev–Trinajstić information content (AvgIpc) is 2.93. The zero-order valence-corrected chi connectivity index (χ0v) is 11.8. The molecule has 1 fully saturated rings. The fourth-order valence-corrected chi connectivity index (χ4v) is 3.58. The Labute approximate surface area is 116 Å². The van der Waals surface area contributed by atoms with Crippen LogP contribution < -0.4 is 10.6 Å². The Bertz CT molecular complexity index is 424. The van der Waals surface area contributed by atoms with Gasteiger partial charge in [-0.05, 0) is 43.7 Å². The van der Waals surface area contributed by atoms with Crippen LogP contribution in [-0.2, 0) is 12.8 Å². The van der Waals surface area contributed by atoms with Crippen molar-refractivity contribution in [1.29, 1.82) is 0 Å². The van der Waals surface area contributed by atoms with Crippen molar-refractivity contribution in [2.24, 2.45) is 5.73 Å². The summed E-state index contributed by atoms with van der Waals surface area (Å²) in [6, 6.07) is 5.16.